The quantitative estimate of drug-likeness (QED) is 0.168. The Morgan fingerprint density at radius 3 is 1.17 bits per heavy atom. The molecule has 1 radical (unpaired) electrons. The summed E-state index contributed by atoms with van der Waals surface area (Å²) in [6, 6.07) is 0. The van der Waals surface area contributed by atoms with E-state index in [1.807, 2.05) is 0 Å². The predicted octanol–water partition coefficient (Wildman–Crippen LogP) is 8.54. The molecule has 0 rings (SSSR count). The van der Waals surface area contributed by atoms with Gasteiger partial charge in [0.25, 0.3) is 0 Å². The van der Waals surface area contributed by atoms with Gasteiger partial charge < -0.3 is 0 Å². The molecule has 0 saturated carbocycles. The van der Waals surface area contributed by atoms with Gasteiger partial charge in [0, 0.05) is 5.37 Å². The van der Waals surface area contributed by atoms with Gasteiger partial charge in [-0.15, -0.1) is 0 Å². The molecule has 23 heavy (non-hydrogen) atoms. The van der Waals surface area contributed by atoms with E-state index in [1.54, 1.807) is 0 Å². The Labute approximate surface area is 153 Å². The van der Waals surface area contributed by atoms with Crippen molar-refractivity contribution in [2.75, 3.05) is 0 Å². The van der Waals surface area contributed by atoms with E-state index in [-0.39, 0.29) is 0 Å². The van der Waals surface area contributed by atoms with Crippen LogP contribution in [-0.2, 0) is 0 Å². The number of hydrogen-bond acceptors (Lipinski definition) is 1. The lowest BCUT2D eigenvalue weighted by molar-refractivity contribution is 0.520. The van der Waals surface area contributed by atoms with Gasteiger partial charge in [-0.1, -0.05) is 135 Å². The molecule has 0 heterocycles. The van der Waals surface area contributed by atoms with E-state index in [1.165, 1.54) is 116 Å². The minimum absolute atomic E-state index is 0.515. The summed E-state index contributed by atoms with van der Waals surface area (Å²) in [5.41, 5.74) is 0. The molecule has 0 aromatic carbocycles. The second kappa shape index (κ2) is 20.1. The molecule has 0 aliphatic carbocycles. The predicted molar refractivity (Wildman–Crippen MR) is 111 cm³/mol. The van der Waals surface area contributed by atoms with Crippen LogP contribution in [0.3, 0.4) is 0 Å². The van der Waals surface area contributed by atoms with Gasteiger partial charge in [0.2, 0.25) is 0 Å². The third kappa shape index (κ3) is 20.0. The van der Waals surface area contributed by atoms with E-state index >= 15 is 0 Å². The molecule has 0 amide bonds. The lowest BCUT2D eigenvalue weighted by atomic mass is 10.0. The highest BCUT2D eigenvalue weighted by molar-refractivity contribution is 7.79. The molecule has 0 N–H and O–H groups in total. The summed E-state index contributed by atoms with van der Waals surface area (Å²) in [5, 5.41) is 2.90. The Bertz CT molecular complexity index is 224. The van der Waals surface area contributed by atoms with Crippen molar-refractivity contribution in [2.45, 2.75) is 129 Å². The van der Waals surface area contributed by atoms with Crippen LogP contribution in [0.5, 0.6) is 0 Å². The van der Waals surface area contributed by atoms with Crippen molar-refractivity contribution in [3.63, 3.8) is 0 Å². The van der Waals surface area contributed by atoms with Gasteiger partial charge in [-0.3, -0.25) is 0 Å². The van der Waals surface area contributed by atoms with Crippen molar-refractivity contribution in [2.24, 2.45) is 5.92 Å². The second-order valence-electron chi connectivity index (χ2n) is 7.46. The van der Waals surface area contributed by atoms with Crippen LogP contribution in [0.15, 0.2) is 0 Å². The van der Waals surface area contributed by atoms with Crippen molar-refractivity contribution in [3.05, 3.63) is 0 Å². The van der Waals surface area contributed by atoms with Crippen molar-refractivity contribution in [1.29, 1.82) is 0 Å². The summed E-state index contributed by atoms with van der Waals surface area (Å²) in [5.74, 6) is 0.515. The molecule has 0 aliphatic heterocycles. The van der Waals surface area contributed by atoms with Gasteiger partial charge in [-0.05, 0) is 12.3 Å². The fraction of sp³-hybridized carbons (Fsp3) is 0.955. The van der Waals surface area contributed by atoms with E-state index < -0.39 is 0 Å². The SMILES string of the molecule is CCCCCCCCCCCCCCCCCCCC(C)[C]=S. The van der Waals surface area contributed by atoms with Gasteiger partial charge in [-0.2, -0.15) is 0 Å². The van der Waals surface area contributed by atoms with Crippen molar-refractivity contribution >= 4 is 17.6 Å². The standard InChI is InChI=1S/C22H43S/c1-3-4-5-6-7-8-9-10-11-12-13-14-15-16-17-18-19-20-22(2)21-23/h22H,3-20H2,1-2H3. The zero-order chi connectivity index (χ0) is 17.0. The molecule has 0 fully saturated rings. The molecular weight excluding hydrogens is 296 g/mol. The monoisotopic (exact) mass is 339 g/mol. The average Bonchev–Trinajstić information content (AvgIpc) is 2.57. The Morgan fingerprint density at radius 1 is 0.565 bits per heavy atom. The summed E-state index contributed by atoms with van der Waals surface area (Å²) < 4.78 is 0. The van der Waals surface area contributed by atoms with Crippen LogP contribution < -0.4 is 0 Å². The van der Waals surface area contributed by atoms with Crippen molar-refractivity contribution in [3.8, 4) is 0 Å². The van der Waals surface area contributed by atoms with Crippen LogP contribution in [0.2, 0.25) is 0 Å². The molecular formula is C22H43S. The number of hydrogen-bond donors (Lipinski definition) is 0. The molecule has 0 aromatic rings. The van der Waals surface area contributed by atoms with Gasteiger partial charge in [0.1, 0.15) is 0 Å². The first-order valence-electron chi connectivity index (χ1n) is 10.7. The summed E-state index contributed by atoms with van der Waals surface area (Å²) in [6.07, 6.45) is 25.8. The topological polar surface area (TPSA) is 0 Å². The van der Waals surface area contributed by atoms with Gasteiger partial charge in [0.05, 0.1) is 0 Å². The van der Waals surface area contributed by atoms with E-state index in [0.29, 0.717) is 5.92 Å². The zero-order valence-electron chi connectivity index (χ0n) is 16.2. The Kier molecular flexibility index (Phi) is 20.2. The summed E-state index contributed by atoms with van der Waals surface area (Å²) in [7, 11) is 0. The maximum Gasteiger partial charge on any atom is 0.0322 e. The smallest absolute Gasteiger partial charge is 0.0322 e. The lowest BCUT2D eigenvalue weighted by Gasteiger charge is -2.05. The minimum atomic E-state index is 0.515. The first-order valence-corrected chi connectivity index (χ1v) is 11.1. The number of unbranched alkanes of at least 4 members (excludes halogenated alkanes) is 16. The van der Waals surface area contributed by atoms with Crippen molar-refractivity contribution < 1.29 is 0 Å². The molecule has 0 spiro atoms. The molecule has 1 atom stereocenters. The fourth-order valence-corrected chi connectivity index (χ4v) is 3.35. The van der Waals surface area contributed by atoms with Gasteiger partial charge in [0.15, 0.2) is 0 Å². The highest BCUT2D eigenvalue weighted by Gasteiger charge is 1.98. The minimum Gasteiger partial charge on any atom is -0.0834 e. The van der Waals surface area contributed by atoms with Gasteiger partial charge in [-0.25, -0.2) is 0 Å². The van der Waals surface area contributed by atoms with Crippen LogP contribution in [0.1, 0.15) is 129 Å². The van der Waals surface area contributed by atoms with Crippen LogP contribution in [0.4, 0.5) is 0 Å². The Balaban J connectivity index is 2.99. The molecule has 0 saturated heterocycles. The molecule has 0 nitrogen and oxygen atoms in total. The molecule has 1 heteroatoms. The molecule has 1 unspecified atom stereocenters. The summed E-state index contributed by atoms with van der Waals surface area (Å²) in [6.45, 7) is 4.47. The largest absolute Gasteiger partial charge is 0.0834 e. The fourth-order valence-electron chi connectivity index (χ4n) is 3.23. The Hall–Kier alpha value is 0.0900. The lowest BCUT2D eigenvalue weighted by Crippen LogP contribution is -1.93. The average molecular weight is 340 g/mol. The first-order chi connectivity index (χ1) is 11.3. The molecule has 0 aliphatic rings. The third-order valence-corrected chi connectivity index (χ3v) is 5.34. The Morgan fingerprint density at radius 2 is 0.870 bits per heavy atom. The second-order valence-corrected chi connectivity index (χ2v) is 7.70. The highest BCUT2D eigenvalue weighted by Crippen LogP contribution is 2.15. The van der Waals surface area contributed by atoms with E-state index in [9.17, 15) is 0 Å². The number of thiocarbonyl (C=S) groups is 1. The maximum atomic E-state index is 4.84. The first kappa shape index (κ1) is 23.1. The van der Waals surface area contributed by atoms with E-state index in [2.05, 4.69) is 19.2 Å². The third-order valence-electron chi connectivity index (χ3n) is 4.94. The maximum absolute atomic E-state index is 4.84. The highest BCUT2D eigenvalue weighted by atomic mass is 32.1. The van der Waals surface area contributed by atoms with Crippen molar-refractivity contribution in [1.82, 2.24) is 0 Å². The van der Waals surface area contributed by atoms with Crippen LogP contribution >= 0.6 is 12.2 Å². The zero-order valence-corrected chi connectivity index (χ0v) is 17.0. The van der Waals surface area contributed by atoms with Crippen LogP contribution in [0.25, 0.3) is 0 Å². The summed E-state index contributed by atoms with van der Waals surface area (Å²) in [4.78, 5) is 0. The molecule has 0 bridgehead atoms. The van der Waals surface area contributed by atoms with Crippen LogP contribution in [0, 0.1) is 5.92 Å². The van der Waals surface area contributed by atoms with E-state index in [4.69, 9.17) is 12.2 Å². The molecule has 137 valence electrons. The number of rotatable bonds is 19. The van der Waals surface area contributed by atoms with Gasteiger partial charge >= 0.3 is 0 Å². The van der Waals surface area contributed by atoms with E-state index in [0.717, 1.165) is 0 Å². The van der Waals surface area contributed by atoms with Crippen LogP contribution in [-0.4, -0.2) is 5.37 Å². The molecule has 0 aromatic heterocycles. The normalized spacial score (nSPS) is 12.4. The summed E-state index contributed by atoms with van der Waals surface area (Å²) >= 11 is 4.84.